The molecule has 0 radical (unpaired) electrons. The molecule has 84 valence electrons. The number of aromatic amines is 1. The first-order valence-electron chi connectivity index (χ1n) is 4.82. The van der Waals surface area contributed by atoms with Crippen molar-refractivity contribution in [1.29, 1.82) is 0 Å². The maximum absolute atomic E-state index is 11.2. The summed E-state index contributed by atoms with van der Waals surface area (Å²) in [5, 5.41) is 9.30. The summed E-state index contributed by atoms with van der Waals surface area (Å²) in [4.78, 5) is 11.2. The number of nitrogens with zero attached hydrogens (tertiary/aromatic N) is 1. The average molecular weight is 230 g/mol. The molecule has 1 rings (SSSR count). The SMILES string of the molecule is CC(Nc1cn[nH]c(=O)c1Cl)C(C)(C)C. The lowest BCUT2D eigenvalue weighted by Gasteiger charge is -2.28. The summed E-state index contributed by atoms with van der Waals surface area (Å²) in [7, 11) is 0. The van der Waals surface area contributed by atoms with Gasteiger partial charge in [0.15, 0.2) is 0 Å². The second-order valence-electron chi connectivity index (χ2n) is 4.66. The molecular formula is C10H16ClN3O. The van der Waals surface area contributed by atoms with Gasteiger partial charge in [0.1, 0.15) is 5.02 Å². The third kappa shape index (κ3) is 2.96. The molecule has 15 heavy (non-hydrogen) atoms. The first kappa shape index (κ1) is 12.0. The highest BCUT2D eigenvalue weighted by Gasteiger charge is 2.20. The molecule has 0 aliphatic heterocycles. The van der Waals surface area contributed by atoms with Gasteiger partial charge in [-0.3, -0.25) is 4.79 Å². The van der Waals surface area contributed by atoms with E-state index in [1.54, 1.807) is 0 Å². The van der Waals surface area contributed by atoms with Crippen LogP contribution in [0.2, 0.25) is 5.02 Å². The number of anilines is 1. The smallest absolute Gasteiger partial charge is 0.285 e. The Morgan fingerprint density at radius 3 is 2.67 bits per heavy atom. The fourth-order valence-electron chi connectivity index (χ4n) is 0.934. The van der Waals surface area contributed by atoms with Crippen LogP contribution < -0.4 is 10.9 Å². The Hall–Kier alpha value is -1.03. The lowest BCUT2D eigenvalue weighted by molar-refractivity contribution is 0.359. The van der Waals surface area contributed by atoms with Gasteiger partial charge in [0.05, 0.1) is 11.9 Å². The van der Waals surface area contributed by atoms with Crippen LogP contribution in [-0.4, -0.2) is 16.2 Å². The van der Waals surface area contributed by atoms with E-state index in [9.17, 15) is 4.79 Å². The molecule has 2 N–H and O–H groups in total. The minimum absolute atomic E-state index is 0.0892. The van der Waals surface area contributed by atoms with Crippen molar-refractivity contribution in [1.82, 2.24) is 10.2 Å². The van der Waals surface area contributed by atoms with Crippen molar-refractivity contribution in [3.05, 3.63) is 21.6 Å². The van der Waals surface area contributed by atoms with Crippen molar-refractivity contribution in [2.75, 3.05) is 5.32 Å². The number of aromatic nitrogens is 2. The standard InChI is InChI=1S/C10H16ClN3O/c1-6(10(2,3)4)13-7-5-12-14-9(15)8(7)11/h5-6H,1-4H3,(H2,13,14,15). The molecule has 1 atom stereocenters. The van der Waals surface area contributed by atoms with E-state index in [0.29, 0.717) is 5.69 Å². The highest BCUT2D eigenvalue weighted by Crippen LogP contribution is 2.24. The van der Waals surface area contributed by atoms with Crippen molar-refractivity contribution < 1.29 is 0 Å². The highest BCUT2D eigenvalue weighted by atomic mass is 35.5. The Bertz CT molecular complexity index is 394. The van der Waals surface area contributed by atoms with Crippen LogP contribution in [0.1, 0.15) is 27.7 Å². The van der Waals surface area contributed by atoms with Crippen LogP contribution in [-0.2, 0) is 0 Å². The predicted molar refractivity (Wildman–Crippen MR) is 62.4 cm³/mol. The van der Waals surface area contributed by atoms with Crippen molar-refractivity contribution in [3.8, 4) is 0 Å². The van der Waals surface area contributed by atoms with Gasteiger partial charge in [0.25, 0.3) is 5.56 Å². The first-order chi connectivity index (χ1) is 6.82. The zero-order chi connectivity index (χ0) is 11.6. The fourth-order valence-corrected chi connectivity index (χ4v) is 1.08. The normalized spacial score (nSPS) is 13.7. The van der Waals surface area contributed by atoms with Gasteiger partial charge in [-0.25, -0.2) is 5.10 Å². The van der Waals surface area contributed by atoms with Crippen LogP contribution in [0.4, 0.5) is 5.69 Å². The number of rotatable bonds is 2. The van der Waals surface area contributed by atoms with E-state index in [-0.39, 0.29) is 22.0 Å². The van der Waals surface area contributed by atoms with Gasteiger partial charge in [0.2, 0.25) is 0 Å². The average Bonchev–Trinajstić information content (AvgIpc) is 2.11. The van der Waals surface area contributed by atoms with E-state index in [2.05, 4.69) is 36.3 Å². The Kier molecular flexibility index (Phi) is 3.39. The van der Waals surface area contributed by atoms with Gasteiger partial charge in [-0.2, -0.15) is 5.10 Å². The number of H-pyrrole nitrogens is 1. The van der Waals surface area contributed by atoms with Crippen LogP contribution in [0.5, 0.6) is 0 Å². The minimum Gasteiger partial charge on any atom is -0.379 e. The molecule has 1 unspecified atom stereocenters. The summed E-state index contributed by atoms with van der Waals surface area (Å²) >= 11 is 5.84. The predicted octanol–water partition coefficient (Wildman–Crippen LogP) is 2.27. The number of hydrogen-bond donors (Lipinski definition) is 2. The first-order valence-corrected chi connectivity index (χ1v) is 5.20. The molecule has 1 aromatic heterocycles. The molecule has 0 aliphatic carbocycles. The molecule has 0 bridgehead atoms. The van der Waals surface area contributed by atoms with Gasteiger partial charge < -0.3 is 5.32 Å². The van der Waals surface area contributed by atoms with Crippen LogP contribution in [0.3, 0.4) is 0 Å². The van der Waals surface area contributed by atoms with Gasteiger partial charge in [-0.15, -0.1) is 0 Å². The lowest BCUT2D eigenvalue weighted by Crippen LogP contribution is -2.31. The molecule has 0 saturated carbocycles. The Balaban J connectivity index is 2.91. The number of nitrogens with one attached hydrogen (secondary N) is 2. The van der Waals surface area contributed by atoms with Crippen molar-refractivity contribution in [3.63, 3.8) is 0 Å². The quantitative estimate of drug-likeness (QED) is 0.818. The summed E-state index contributed by atoms with van der Waals surface area (Å²) in [6, 6.07) is 0.193. The minimum atomic E-state index is -0.372. The third-order valence-electron chi connectivity index (χ3n) is 2.47. The molecule has 0 spiro atoms. The number of hydrogen-bond acceptors (Lipinski definition) is 3. The van der Waals surface area contributed by atoms with Crippen molar-refractivity contribution >= 4 is 17.3 Å². The molecule has 0 amide bonds. The maximum atomic E-state index is 11.2. The van der Waals surface area contributed by atoms with E-state index in [0.717, 1.165) is 0 Å². The Labute approximate surface area is 94.0 Å². The molecule has 0 aliphatic rings. The summed E-state index contributed by atoms with van der Waals surface area (Å²) in [6.45, 7) is 8.37. The summed E-state index contributed by atoms with van der Waals surface area (Å²) in [5.74, 6) is 0. The highest BCUT2D eigenvalue weighted by molar-refractivity contribution is 6.32. The second-order valence-corrected chi connectivity index (χ2v) is 5.04. The number of halogens is 1. The molecule has 0 fully saturated rings. The molecule has 1 heterocycles. The largest absolute Gasteiger partial charge is 0.379 e. The molecule has 0 aromatic carbocycles. The lowest BCUT2D eigenvalue weighted by atomic mass is 9.88. The summed E-state index contributed by atoms with van der Waals surface area (Å²) in [5.41, 5.74) is 0.289. The Morgan fingerprint density at radius 1 is 1.53 bits per heavy atom. The van der Waals surface area contributed by atoms with Crippen LogP contribution in [0.25, 0.3) is 0 Å². The van der Waals surface area contributed by atoms with E-state index in [1.807, 2.05) is 6.92 Å². The van der Waals surface area contributed by atoms with E-state index >= 15 is 0 Å². The van der Waals surface area contributed by atoms with Crippen LogP contribution in [0, 0.1) is 5.41 Å². The van der Waals surface area contributed by atoms with Crippen molar-refractivity contribution in [2.24, 2.45) is 5.41 Å². The maximum Gasteiger partial charge on any atom is 0.285 e. The van der Waals surface area contributed by atoms with Gasteiger partial charge in [-0.05, 0) is 12.3 Å². The summed E-state index contributed by atoms with van der Waals surface area (Å²) < 4.78 is 0. The van der Waals surface area contributed by atoms with E-state index in [4.69, 9.17) is 11.6 Å². The van der Waals surface area contributed by atoms with Gasteiger partial charge in [0, 0.05) is 6.04 Å². The molecule has 0 saturated heterocycles. The van der Waals surface area contributed by atoms with Gasteiger partial charge in [-0.1, -0.05) is 32.4 Å². The Morgan fingerprint density at radius 2 is 2.13 bits per heavy atom. The van der Waals surface area contributed by atoms with Crippen LogP contribution in [0.15, 0.2) is 11.0 Å². The molecule has 1 aromatic rings. The van der Waals surface area contributed by atoms with E-state index < -0.39 is 0 Å². The topological polar surface area (TPSA) is 57.8 Å². The zero-order valence-electron chi connectivity index (χ0n) is 9.39. The van der Waals surface area contributed by atoms with Crippen molar-refractivity contribution in [2.45, 2.75) is 33.7 Å². The molecular weight excluding hydrogens is 214 g/mol. The zero-order valence-corrected chi connectivity index (χ0v) is 10.1. The second kappa shape index (κ2) is 4.23. The summed E-state index contributed by atoms with van der Waals surface area (Å²) in [6.07, 6.45) is 1.52. The fraction of sp³-hybridized carbons (Fsp3) is 0.600. The van der Waals surface area contributed by atoms with E-state index in [1.165, 1.54) is 6.20 Å². The van der Waals surface area contributed by atoms with Crippen LogP contribution >= 0.6 is 11.6 Å². The molecule has 4 nitrogen and oxygen atoms in total. The van der Waals surface area contributed by atoms with Gasteiger partial charge >= 0.3 is 0 Å². The monoisotopic (exact) mass is 229 g/mol. The molecule has 5 heteroatoms. The third-order valence-corrected chi connectivity index (χ3v) is 2.84.